The van der Waals surface area contributed by atoms with E-state index in [0.717, 1.165) is 63.5 Å². The number of ether oxygens (including phenoxy) is 2. The second-order valence-corrected chi connectivity index (χ2v) is 8.99. The Morgan fingerprint density at radius 2 is 1.97 bits per heavy atom. The van der Waals surface area contributed by atoms with Crippen LogP contribution in [0.25, 0.3) is 0 Å². The third-order valence-electron chi connectivity index (χ3n) is 5.61. The van der Waals surface area contributed by atoms with Crippen molar-refractivity contribution in [2.75, 3.05) is 60.0 Å². The number of hydrogen-bond acceptors (Lipinski definition) is 5. The highest BCUT2D eigenvalue weighted by Crippen LogP contribution is 2.39. The fourth-order valence-corrected chi connectivity index (χ4v) is 3.87. The van der Waals surface area contributed by atoms with Crippen LogP contribution in [-0.4, -0.2) is 87.3 Å². The smallest absolute Gasteiger partial charge is 0.243 e. The Morgan fingerprint density at radius 3 is 2.69 bits per heavy atom. The Labute approximate surface area is 209 Å². The minimum absolute atomic E-state index is 0. The number of halogens is 1. The standard InChI is InChI=1S/C23H37N5O3.HI/c1-23(2)16-19(18-8-5-6-9-20(18)31-23)26-22(25-17-21(29)27(3)4)24-10-7-11-28-12-14-30-15-13-28;/h5-6,8-9,19H,7,10-17H2,1-4H3,(H2,24,25,26);1H. The van der Waals surface area contributed by atoms with Gasteiger partial charge in [-0.05, 0) is 32.9 Å². The molecule has 0 aliphatic carbocycles. The monoisotopic (exact) mass is 559 g/mol. The number of fused-ring (bicyclic) bond motifs is 1. The number of guanidine groups is 1. The van der Waals surface area contributed by atoms with Gasteiger partial charge < -0.3 is 25.0 Å². The number of nitrogens with zero attached hydrogens (tertiary/aromatic N) is 3. The predicted octanol–water partition coefficient (Wildman–Crippen LogP) is 2.25. The number of hydrogen-bond donors (Lipinski definition) is 2. The lowest BCUT2D eigenvalue weighted by molar-refractivity contribution is -0.127. The lowest BCUT2D eigenvalue weighted by Crippen LogP contribution is -2.46. The van der Waals surface area contributed by atoms with Crippen molar-refractivity contribution < 1.29 is 14.3 Å². The zero-order chi connectivity index (χ0) is 22.3. The van der Waals surface area contributed by atoms with Crippen LogP contribution in [-0.2, 0) is 9.53 Å². The number of carbonyl (C=O) groups excluding carboxylic acids is 1. The number of likely N-dealkylation sites (N-methyl/N-ethyl adjacent to an activating group) is 1. The molecule has 8 nitrogen and oxygen atoms in total. The van der Waals surface area contributed by atoms with Crippen LogP contribution >= 0.6 is 24.0 Å². The van der Waals surface area contributed by atoms with Crippen LogP contribution in [0.15, 0.2) is 29.3 Å². The molecule has 1 unspecified atom stereocenters. The predicted molar refractivity (Wildman–Crippen MR) is 138 cm³/mol. The van der Waals surface area contributed by atoms with Crippen molar-refractivity contribution in [3.05, 3.63) is 29.8 Å². The molecule has 1 amide bonds. The molecule has 2 aliphatic heterocycles. The van der Waals surface area contributed by atoms with Gasteiger partial charge in [-0.1, -0.05) is 18.2 Å². The maximum atomic E-state index is 12.1. The Morgan fingerprint density at radius 1 is 1.25 bits per heavy atom. The molecule has 0 bridgehead atoms. The highest BCUT2D eigenvalue weighted by atomic mass is 127. The molecule has 0 aromatic heterocycles. The highest BCUT2D eigenvalue weighted by Gasteiger charge is 2.34. The van der Waals surface area contributed by atoms with E-state index in [0.29, 0.717) is 5.96 Å². The van der Waals surface area contributed by atoms with Gasteiger partial charge in [0.25, 0.3) is 0 Å². The molecule has 1 fully saturated rings. The van der Waals surface area contributed by atoms with E-state index in [1.165, 1.54) is 0 Å². The number of aliphatic imine (C=N–C) groups is 1. The van der Waals surface area contributed by atoms with Crippen LogP contribution in [0, 0.1) is 0 Å². The summed E-state index contributed by atoms with van der Waals surface area (Å²) < 4.78 is 11.6. The Balaban J connectivity index is 0.00000363. The molecule has 1 aromatic rings. The third kappa shape index (κ3) is 8.08. The molecule has 3 rings (SSSR count). The van der Waals surface area contributed by atoms with Crippen LogP contribution in [0.5, 0.6) is 5.75 Å². The molecule has 0 spiro atoms. The normalized spacial score (nSPS) is 20.4. The molecule has 180 valence electrons. The van der Waals surface area contributed by atoms with Crippen LogP contribution < -0.4 is 15.4 Å². The number of nitrogens with one attached hydrogen (secondary N) is 2. The SMILES string of the molecule is CN(C)C(=O)CN=C(NCCCN1CCOCC1)NC1CC(C)(C)Oc2ccccc21.I. The van der Waals surface area contributed by atoms with E-state index in [1.807, 2.05) is 18.2 Å². The van der Waals surface area contributed by atoms with Gasteiger partial charge in [0, 0.05) is 45.7 Å². The molecule has 0 radical (unpaired) electrons. The summed E-state index contributed by atoms with van der Waals surface area (Å²) in [5, 5.41) is 6.98. The highest BCUT2D eigenvalue weighted by molar-refractivity contribution is 14.0. The fraction of sp³-hybridized carbons (Fsp3) is 0.652. The summed E-state index contributed by atoms with van der Waals surface area (Å²) in [6, 6.07) is 8.17. The van der Waals surface area contributed by atoms with E-state index < -0.39 is 0 Å². The third-order valence-corrected chi connectivity index (χ3v) is 5.61. The summed E-state index contributed by atoms with van der Waals surface area (Å²) in [6.07, 6.45) is 1.80. The zero-order valence-electron chi connectivity index (χ0n) is 19.7. The molecular formula is C23H38IN5O3. The molecule has 1 aromatic carbocycles. The van der Waals surface area contributed by atoms with Gasteiger partial charge in [0.2, 0.25) is 5.91 Å². The average Bonchev–Trinajstić information content (AvgIpc) is 2.74. The summed E-state index contributed by atoms with van der Waals surface area (Å²) in [5.74, 6) is 1.53. The van der Waals surface area contributed by atoms with E-state index in [1.54, 1.807) is 19.0 Å². The van der Waals surface area contributed by atoms with Crippen LogP contribution in [0.3, 0.4) is 0 Å². The fourth-order valence-electron chi connectivity index (χ4n) is 3.87. The topological polar surface area (TPSA) is 78.4 Å². The largest absolute Gasteiger partial charge is 0.487 e. The van der Waals surface area contributed by atoms with Crippen LogP contribution in [0.2, 0.25) is 0 Å². The summed E-state index contributed by atoms with van der Waals surface area (Å²) in [5.41, 5.74) is 0.830. The minimum atomic E-state index is -0.285. The summed E-state index contributed by atoms with van der Waals surface area (Å²) in [4.78, 5) is 20.7. The van der Waals surface area contributed by atoms with E-state index in [4.69, 9.17) is 9.47 Å². The maximum absolute atomic E-state index is 12.1. The van der Waals surface area contributed by atoms with Gasteiger partial charge in [0.1, 0.15) is 17.9 Å². The Hall–Kier alpha value is -1.59. The molecule has 0 saturated carbocycles. The van der Waals surface area contributed by atoms with Gasteiger partial charge in [0.15, 0.2) is 5.96 Å². The number of morpholine rings is 1. The molecule has 32 heavy (non-hydrogen) atoms. The molecule has 1 atom stereocenters. The van der Waals surface area contributed by atoms with Gasteiger partial charge in [-0.3, -0.25) is 9.69 Å². The van der Waals surface area contributed by atoms with E-state index in [9.17, 15) is 4.79 Å². The van der Waals surface area contributed by atoms with Gasteiger partial charge in [-0.25, -0.2) is 4.99 Å². The number of carbonyl (C=O) groups is 1. The van der Waals surface area contributed by atoms with Gasteiger partial charge >= 0.3 is 0 Å². The van der Waals surface area contributed by atoms with Gasteiger partial charge in [-0.15, -0.1) is 24.0 Å². The Bertz CT molecular complexity index is 766. The molecule has 9 heteroatoms. The minimum Gasteiger partial charge on any atom is -0.487 e. The van der Waals surface area contributed by atoms with Crippen molar-refractivity contribution in [1.82, 2.24) is 20.4 Å². The first-order valence-electron chi connectivity index (χ1n) is 11.2. The summed E-state index contributed by atoms with van der Waals surface area (Å²) >= 11 is 0. The van der Waals surface area contributed by atoms with Gasteiger partial charge in [0.05, 0.1) is 19.3 Å². The van der Waals surface area contributed by atoms with Crippen LogP contribution in [0.4, 0.5) is 0 Å². The first kappa shape index (κ1) is 26.7. The first-order chi connectivity index (χ1) is 14.8. The lowest BCUT2D eigenvalue weighted by atomic mass is 9.90. The Kier molecular flexibility index (Phi) is 10.5. The van der Waals surface area contributed by atoms with E-state index in [-0.39, 0.29) is 48.1 Å². The summed E-state index contributed by atoms with van der Waals surface area (Å²) in [7, 11) is 3.50. The second kappa shape index (κ2) is 12.6. The van der Waals surface area contributed by atoms with Crippen molar-refractivity contribution in [2.24, 2.45) is 4.99 Å². The number of rotatable bonds is 7. The van der Waals surface area contributed by atoms with E-state index >= 15 is 0 Å². The molecular weight excluding hydrogens is 521 g/mol. The van der Waals surface area contributed by atoms with Crippen LogP contribution in [0.1, 0.15) is 38.3 Å². The molecule has 2 N–H and O–H groups in total. The lowest BCUT2D eigenvalue weighted by Gasteiger charge is -2.38. The van der Waals surface area contributed by atoms with E-state index in [2.05, 4.69) is 40.4 Å². The van der Waals surface area contributed by atoms with Crippen molar-refractivity contribution in [3.63, 3.8) is 0 Å². The van der Waals surface area contributed by atoms with Crippen molar-refractivity contribution >= 4 is 35.8 Å². The van der Waals surface area contributed by atoms with Crippen molar-refractivity contribution in [1.29, 1.82) is 0 Å². The molecule has 1 saturated heterocycles. The zero-order valence-corrected chi connectivity index (χ0v) is 22.1. The average molecular weight is 559 g/mol. The maximum Gasteiger partial charge on any atom is 0.243 e. The van der Waals surface area contributed by atoms with Crippen molar-refractivity contribution in [2.45, 2.75) is 38.3 Å². The molecule has 2 heterocycles. The second-order valence-electron chi connectivity index (χ2n) is 8.99. The number of benzene rings is 1. The quantitative estimate of drug-likeness (QED) is 0.231. The van der Waals surface area contributed by atoms with Crippen molar-refractivity contribution in [3.8, 4) is 5.75 Å². The first-order valence-corrected chi connectivity index (χ1v) is 11.2. The summed E-state index contributed by atoms with van der Waals surface area (Å²) in [6.45, 7) is 9.72. The molecule has 2 aliphatic rings. The number of para-hydroxylation sites is 1. The number of amides is 1. The van der Waals surface area contributed by atoms with Gasteiger partial charge in [-0.2, -0.15) is 0 Å².